The summed E-state index contributed by atoms with van der Waals surface area (Å²) in [5.41, 5.74) is 1.71. The zero-order chi connectivity index (χ0) is 15.4. The molecule has 0 bridgehead atoms. The maximum atomic E-state index is 10.5. The molecular formula is C16H16BrClO3. The first kappa shape index (κ1) is 16.1. The zero-order valence-corrected chi connectivity index (χ0v) is 14.1. The summed E-state index contributed by atoms with van der Waals surface area (Å²) >= 11 is 9.42. The van der Waals surface area contributed by atoms with Crippen molar-refractivity contribution in [1.82, 2.24) is 0 Å². The van der Waals surface area contributed by atoms with Crippen molar-refractivity contribution in [2.45, 2.75) is 12.5 Å². The first-order valence-electron chi connectivity index (χ1n) is 6.39. The summed E-state index contributed by atoms with van der Waals surface area (Å²) in [4.78, 5) is 0. The van der Waals surface area contributed by atoms with Crippen LogP contribution in [0.3, 0.4) is 0 Å². The van der Waals surface area contributed by atoms with Gasteiger partial charge in [0.05, 0.1) is 20.3 Å². The Balaban J connectivity index is 2.28. The number of methoxy groups -OCH3 is 2. The standard InChI is InChI=1S/C16H16BrClO3/c1-20-15-8-12(13(17)9-16(15)21-2)14(19)7-10-4-3-5-11(18)6-10/h3-6,8-9,14,19H,7H2,1-2H3. The highest BCUT2D eigenvalue weighted by atomic mass is 79.9. The molecular weight excluding hydrogens is 356 g/mol. The van der Waals surface area contributed by atoms with E-state index in [0.29, 0.717) is 22.9 Å². The molecule has 2 aromatic rings. The first-order chi connectivity index (χ1) is 10.0. The maximum Gasteiger partial charge on any atom is 0.161 e. The smallest absolute Gasteiger partial charge is 0.161 e. The van der Waals surface area contributed by atoms with Crippen LogP contribution in [-0.4, -0.2) is 19.3 Å². The summed E-state index contributed by atoms with van der Waals surface area (Å²) in [6.07, 6.45) is -0.202. The third-order valence-electron chi connectivity index (χ3n) is 3.18. The lowest BCUT2D eigenvalue weighted by Gasteiger charge is -2.16. The molecule has 0 fully saturated rings. The molecule has 1 unspecified atom stereocenters. The summed E-state index contributed by atoms with van der Waals surface area (Å²) in [7, 11) is 3.14. The van der Waals surface area contributed by atoms with Crippen LogP contribution < -0.4 is 9.47 Å². The highest BCUT2D eigenvalue weighted by Gasteiger charge is 2.16. The number of halogens is 2. The van der Waals surface area contributed by atoms with E-state index in [1.165, 1.54) is 0 Å². The van der Waals surface area contributed by atoms with Crippen molar-refractivity contribution >= 4 is 27.5 Å². The molecule has 2 rings (SSSR count). The van der Waals surface area contributed by atoms with E-state index in [9.17, 15) is 5.11 Å². The predicted molar refractivity (Wildman–Crippen MR) is 87.4 cm³/mol. The molecule has 1 atom stereocenters. The van der Waals surface area contributed by atoms with Crippen LogP contribution in [0, 0.1) is 0 Å². The molecule has 3 nitrogen and oxygen atoms in total. The lowest BCUT2D eigenvalue weighted by molar-refractivity contribution is 0.177. The van der Waals surface area contributed by atoms with Crippen LogP contribution in [0.2, 0.25) is 5.02 Å². The summed E-state index contributed by atoms with van der Waals surface area (Å²) < 4.78 is 11.3. The molecule has 0 amide bonds. The summed E-state index contributed by atoms with van der Waals surface area (Å²) in [6, 6.07) is 11.0. The first-order valence-corrected chi connectivity index (χ1v) is 7.56. The van der Waals surface area contributed by atoms with Crippen molar-refractivity contribution in [1.29, 1.82) is 0 Å². The zero-order valence-electron chi connectivity index (χ0n) is 11.8. The van der Waals surface area contributed by atoms with Crippen molar-refractivity contribution in [2.24, 2.45) is 0 Å². The van der Waals surface area contributed by atoms with E-state index in [1.807, 2.05) is 24.3 Å². The second-order valence-corrected chi connectivity index (χ2v) is 5.87. The Morgan fingerprint density at radius 2 is 1.81 bits per heavy atom. The Kier molecular flexibility index (Phi) is 5.51. The Bertz CT molecular complexity index is 631. The van der Waals surface area contributed by atoms with Gasteiger partial charge in [-0.1, -0.05) is 39.7 Å². The number of aliphatic hydroxyl groups excluding tert-OH is 1. The SMILES string of the molecule is COc1cc(Br)c(C(O)Cc2cccc(Cl)c2)cc1OC. The van der Waals surface area contributed by atoms with Gasteiger partial charge in [-0.05, 0) is 35.4 Å². The fourth-order valence-electron chi connectivity index (χ4n) is 2.12. The van der Waals surface area contributed by atoms with Crippen molar-refractivity contribution in [3.63, 3.8) is 0 Å². The van der Waals surface area contributed by atoms with Gasteiger partial charge in [0, 0.05) is 15.9 Å². The van der Waals surface area contributed by atoms with E-state index < -0.39 is 6.10 Å². The minimum Gasteiger partial charge on any atom is -0.493 e. The quantitative estimate of drug-likeness (QED) is 0.847. The Morgan fingerprint density at radius 1 is 1.14 bits per heavy atom. The van der Waals surface area contributed by atoms with Gasteiger partial charge in [0.2, 0.25) is 0 Å². The van der Waals surface area contributed by atoms with Gasteiger partial charge in [0.15, 0.2) is 11.5 Å². The van der Waals surface area contributed by atoms with E-state index in [2.05, 4.69) is 15.9 Å². The molecule has 0 saturated heterocycles. The van der Waals surface area contributed by atoms with Crippen LogP contribution >= 0.6 is 27.5 Å². The van der Waals surface area contributed by atoms with Gasteiger partial charge in [-0.3, -0.25) is 0 Å². The average molecular weight is 372 g/mol. The summed E-state index contributed by atoms with van der Waals surface area (Å²) in [5.74, 6) is 1.20. The van der Waals surface area contributed by atoms with Gasteiger partial charge in [-0.15, -0.1) is 0 Å². The molecule has 0 aliphatic heterocycles. The molecule has 0 saturated carbocycles. The minimum atomic E-state index is -0.669. The van der Waals surface area contributed by atoms with Crippen molar-refractivity contribution in [3.8, 4) is 11.5 Å². The second kappa shape index (κ2) is 7.16. The van der Waals surface area contributed by atoms with Gasteiger partial charge in [0.25, 0.3) is 0 Å². The molecule has 0 spiro atoms. The molecule has 2 aromatic carbocycles. The molecule has 0 aliphatic rings. The Labute approximate surface area is 137 Å². The fourth-order valence-corrected chi connectivity index (χ4v) is 2.92. The highest BCUT2D eigenvalue weighted by molar-refractivity contribution is 9.10. The van der Waals surface area contributed by atoms with Gasteiger partial charge in [0.1, 0.15) is 0 Å². The molecule has 0 heterocycles. The van der Waals surface area contributed by atoms with Crippen molar-refractivity contribution < 1.29 is 14.6 Å². The van der Waals surface area contributed by atoms with Crippen LogP contribution in [0.4, 0.5) is 0 Å². The van der Waals surface area contributed by atoms with Gasteiger partial charge in [-0.25, -0.2) is 0 Å². The van der Waals surface area contributed by atoms with Gasteiger partial charge < -0.3 is 14.6 Å². The van der Waals surface area contributed by atoms with Crippen LogP contribution in [-0.2, 0) is 6.42 Å². The Morgan fingerprint density at radius 3 is 2.43 bits per heavy atom. The minimum absolute atomic E-state index is 0.467. The Hall–Kier alpha value is -1.23. The second-order valence-electron chi connectivity index (χ2n) is 4.58. The molecule has 0 aromatic heterocycles. The van der Waals surface area contributed by atoms with E-state index >= 15 is 0 Å². The molecule has 112 valence electrons. The average Bonchev–Trinajstić information content (AvgIpc) is 2.46. The fraction of sp³-hybridized carbons (Fsp3) is 0.250. The molecule has 21 heavy (non-hydrogen) atoms. The number of hydrogen-bond donors (Lipinski definition) is 1. The molecule has 0 aliphatic carbocycles. The third-order valence-corrected chi connectivity index (χ3v) is 4.10. The monoisotopic (exact) mass is 370 g/mol. The molecule has 0 radical (unpaired) electrons. The largest absolute Gasteiger partial charge is 0.493 e. The van der Waals surface area contributed by atoms with Crippen molar-refractivity contribution in [3.05, 3.63) is 57.0 Å². The van der Waals surface area contributed by atoms with E-state index in [1.54, 1.807) is 26.4 Å². The number of rotatable bonds is 5. The number of hydrogen-bond acceptors (Lipinski definition) is 3. The van der Waals surface area contributed by atoms with E-state index in [4.69, 9.17) is 21.1 Å². The third kappa shape index (κ3) is 3.90. The predicted octanol–water partition coefficient (Wildman–Crippen LogP) is 4.40. The highest BCUT2D eigenvalue weighted by Crippen LogP contribution is 2.37. The van der Waals surface area contributed by atoms with Gasteiger partial charge >= 0.3 is 0 Å². The van der Waals surface area contributed by atoms with E-state index in [-0.39, 0.29) is 0 Å². The number of ether oxygens (including phenoxy) is 2. The molecule has 5 heteroatoms. The summed E-state index contributed by atoms with van der Waals surface area (Å²) in [6.45, 7) is 0. The maximum absolute atomic E-state index is 10.5. The summed E-state index contributed by atoms with van der Waals surface area (Å²) in [5, 5.41) is 11.1. The number of benzene rings is 2. The normalized spacial score (nSPS) is 12.0. The van der Waals surface area contributed by atoms with Crippen LogP contribution in [0.25, 0.3) is 0 Å². The van der Waals surface area contributed by atoms with E-state index in [0.717, 1.165) is 15.6 Å². The van der Waals surface area contributed by atoms with Crippen LogP contribution in [0.1, 0.15) is 17.2 Å². The van der Waals surface area contributed by atoms with Gasteiger partial charge in [-0.2, -0.15) is 0 Å². The lowest BCUT2D eigenvalue weighted by atomic mass is 10.0. The topological polar surface area (TPSA) is 38.7 Å². The molecule has 1 N–H and O–H groups in total. The lowest BCUT2D eigenvalue weighted by Crippen LogP contribution is -2.04. The van der Waals surface area contributed by atoms with Crippen LogP contribution in [0.15, 0.2) is 40.9 Å². The van der Waals surface area contributed by atoms with Crippen LogP contribution in [0.5, 0.6) is 11.5 Å². The number of aliphatic hydroxyl groups is 1. The van der Waals surface area contributed by atoms with Crippen molar-refractivity contribution in [2.75, 3.05) is 14.2 Å².